The highest BCUT2D eigenvalue weighted by molar-refractivity contribution is 6.35. The highest BCUT2D eigenvalue weighted by Gasteiger charge is 2.14. The normalized spacial score (nSPS) is 12.3. The minimum atomic E-state index is -0.221. The fourth-order valence-corrected chi connectivity index (χ4v) is 2.95. The molecule has 0 aliphatic rings. The number of hydrogen-bond acceptors (Lipinski definition) is 2. The van der Waals surface area contributed by atoms with Crippen LogP contribution in [0.2, 0.25) is 15.1 Å². The summed E-state index contributed by atoms with van der Waals surface area (Å²) in [7, 11) is 0. The van der Waals surface area contributed by atoms with Crippen LogP contribution in [0.15, 0.2) is 61.2 Å². The zero-order valence-electron chi connectivity index (χ0n) is 12.7. The molecular weight excluding hydrogens is 367 g/mol. The SMILES string of the molecule is Clc1ccc(COC(Cc2ccc(Cl)cc2Cl)n2ccnc2)cc1. The van der Waals surface area contributed by atoms with Crippen LogP contribution in [-0.2, 0) is 17.8 Å². The van der Waals surface area contributed by atoms with E-state index in [1.54, 1.807) is 18.6 Å². The lowest BCUT2D eigenvalue weighted by molar-refractivity contribution is -0.00922. The second-order valence-corrected chi connectivity index (χ2v) is 6.62. The van der Waals surface area contributed by atoms with Gasteiger partial charge in [-0.15, -0.1) is 0 Å². The fraction of sp³-hybridized carbons (Fsp3) is 0.167. The molecule has 2 aromatic carbocycles. The molecule has 0 fully saturated rings. The number of nitrogens with zero attached hydrogens (tertiary/aromatic N) is 2. The minimum Gasteiger partial charge on any atom is -0.353 e. The summed E-state index contributed by atoms with van der Waals surface area (Å²) in [6.07, 6.45) is 5.72. The van der Waals surface area contributed by atoms with Crippen molar-refractivity contribution in [1.29, 1.82) is 0 Å². The monoisotopic (exact) mass is 380 g/mol. The minimum absolute atomic E-state index is 0.221. The van der Waals surface area contributed by atoms with E-state index in [0.29, 0.717) is 28.1 Å². The molecule has 1 heterocycles. The molecule has 0 amide bonds. The Hall–Kier alpha value is -1.52. The molecule has 3 rings (SSSR count). The van der Waals surface area contributed by atoms with Gasteiger partial charge in [-0.05, 0) is 35.4 Å². The molecular formula is C18H15Cl3N2O. The summed E-state index contributed by atoms with van der Waals surface area (Å²) < 4.78 is 8.01. The van der Waals surface area contributed by atoms with Crippen LogP contribution in [0.4, 0.5) is 0 Å². The molecule has 0 saturated carbocycles. The first kappa shape index (κ1) is 17.3. The van der Waals surface area contributed by atoms with Crippen molar-refractivity contribution in [2.24, 2.45) is 0 Å². The molecule has 124 valence electrons. The van der Waals surface area contributed by atoms with Crippen LogP contribution in [-0.4, -0.2) is 9.55 Å². The average molecular weight is 382 g/mol. The second kappa shape index (κ2) is 8.04. The summed E-state index contributed by atoms with van der Waals surface area (Å²) in [6.45, 7) is 0.464. The van der Waals surface area contributed by atoms with Gasteiger partial charge < -0.3 is 9.30 Å². The van der Waals surface area contributed by atoms with E-state index in [2.05, 4.69) is 4.98 Å². The number of hydrogen-bond donors (Lipinski definition) is 0. The van der Waals surface area contributed by atoms with Crippen molar-refractivity contribution in [2.45, 2.75) is 19.3 Å². The van der Waals surface area contributed by atoms with Crippen LogP contribution in [0.5, 0.6) is 0 Å². The predicted octanol–water partition coefficient (Wildman–Crippen LogP) is 5.80. The largest absolute Gasteiger partial charge is 0.353 e. The van der Waals surface area contributed by atoms with Crippen LogP contribution in [0.3, 0.4) is 0 Å². The summed E-state index contributed by atoms with van der Waals surface area (Å²) in [5.74, 6) is 0. The van der Waals surface area contributed by atoms with Crippen molar-refractivity contribution in [3.8, 4) is 0 Å². The van der Waals surface area contributed by atoms with Gasteiger partial charge in [0.2, 0.25) is 0 Å². The summed E-state index contributed by atoms with van der Waals surface area (Å²) >= 11 is 18.2. The molecule has 0 aliphatic carbocycles. The van der Waals surface area contributed by atoms with E-state index < -0.39 is 0 Å². The Bertz CT molecular complexity index is 789. The highest BCUT2D eigenvalue weighted by atomic mass is 35.5. The van der Waals surface area contributed by atoms with E-state index in [4.69, 9.17) is 39.5 Å². The van der Waals surface area contributed by atoms with Gasteiger partial charge in [0.1, 0.15) is 6.23 Å². The first-order valence-electron chi connectivity index (χ1n) is 7.39. The number of rotatable bonds is 6. The molecule has 0 N–H and O–H groups in total. The third kappa shape index (κ3) is 4.52. The molecule has 1 aromatic heterocycles. The van der Waals surface area contributed by atoms with E-state index >= 15 is 0 Å². The molecule has 3 aromatic rings. The number of imidazole rings is 1. The van der Waals surface area contributed by atoms with E-state index in [1.165, 1.54) is 0 Å². The van der Waals surface area contributed by atoms with Gasteiger partial charge >= 0.3 is 0 Å². The third-order valence-electron chi connectivity index (χ3n) is 3.62. The highest BCUT2D eigenvalue weighted by Crippen LogP contribution is 2.26. The maximum Gasteiger partial charge on any atom is 0.139 e. The van der Waals surface area contributed by atoms with E-state index in [0.717, 1.165) is 11.1 Å². The van der Waals surface area contributed by atoms with Crippen molar-refractivity contribution >= 4 is 34.8 Å². The van der Waals surface area contributed by atoms with Crippen LogP contribution >= 0.6 is 34.8 Å². The standard InChI is InChI=1S/C18H15Cl3N2O/c19-15-4-1-13(2-5-15)11-24-18(23-8-7-22-12-23)9-14-3-6-16(20)10-17(14)21/h1-8,10,12,18H,9,11H2. The zero-order valence-corrected chi connectivity index (χ0v) is 15.0. The van der Waals surface area contributed by atoms with Crippen molar-refractivity contribution in [2.75, 3.05) is 0 Å². The summed E-state index contributed by atoms with van der Waals surface area (Å²) in [4.78, 5) is 4.10. The molecule has 0 bridgehead atoms. The smallest absolute Gasteiger partial charge is 0.139 e. The maximum atomic E-state index is 6.29. The third-order valence-corrected chi connectivity index (χ3v) is 4.46. The molecule has 1 atom stereocenters. The van der Waals surface area contributed by atoms with Gasteiger partial charge in [-0.3, -0.25) is 0 Å². The second-order valence-electron chi connectivity index (χ2n) is 5.34. The summed E-state index contributed by atoms with van der Waals surface area (Å²) in [5, 5.41) is 1.95. The van der Waals surface area contributed by atoms with Gasteiger partial charge in [0, 0.05) is 33.9 Å². The van der Waals surface area contributed by atoms with Gasteiger partial charge in [0.15, 0.2) is 0 Å². The first-order valence-corrected chi connectivity index (χ1v) is 8.52. The number of halogens is 3. The van der Waals surface area contributed by atoms with Gasteiger partial charge in [0.05, 0.1) is 12.9 Å². The molecule has 3 nitrogen and oxygen atoms in total. The maximum absolute atomic E-state index is 6.29. The van der Waals surface area contributed by atoms with Crippen LogP contribution in [0.25, 0.3) is 0 Å². The van der Waals surface area contributed by atoms with Crippen molar-refractivity contribution in [1.82, 2.24) is 9.55 Å². The van der Waals surface area contributed by atoms with E-state index in [9.17, 15) is 0 Å². The Morgan fingerprint density at radius 2 is 1.75 bits per heavy atom. The molecule has 0 saturated heterocycles. The van der Waals surface area contributed by atoms with Crippen LogP contribution < -0.4 is 0 Å². The van der Waals surface area contributed by atoms with E-state index in [1.807, 2.05) is 47.2 Å². The number of benzene rings is 2. The quantitative estimate of drug-likeness (QED) is 0.539. The lowest BCUT2D eigenvalue weighted by Crippen LogP contribution is -2.14. The number of ether oxygens (including phenoxy) is 1. The van der Waals surface area contributed by atoms with E-state index in [-0.39, 0.29) is 6.23 Å². The Morgan fingerprint density at radius 1 is 1.00 bits per heavy atom. The van der Waals surface area contributed by atoms with Crippen LogP contribution in [0.1, 0.15) is 17.4 Å². The Labute approximate surface area is 155 Å². The molecule has 0 aliphatic heterocycles. The fourth-order valence-electron chi connectivity index (χ4n) is 2.34. The molecule has 6 heteroatoms. The molecule has 24 heavy (non-hydrogen) atoms. The Morgan fingerprint density at radius 3 is 2.42 bits per heavy atom. The topological polar surface area (TPSA) is 27.1 Å². The number of aromatic nitrogens is 2. The molecule has 0 radical (unpaired) electrons. The lowest BCUT2D eigenvalue weighted by Gasteiger charge is -2.20. The van der Waals surface area contributed by atoms with Gasteiger partial charge in [-0.2, -0.15) is 0 Å². The average Bonchev–Trinajstić information content (AvgIpc) is 3.09. The predicted molar refractivity (Wildman–Crippen MR) is 97.7 cm³/mol. The molecule has 1 unspecified atom stereocenters. The molecule has 0 spiro atoms. The van der Waals surface area contributed by atoms with Crippen molar-refractivity contribution in [3.63, 3.8) is 0 Å². The Balaban J connectivity index is 1.75. The van der Waals surface area contributed by atoms with Crippen molar-refractivity contribution in [3.05, 3.63) is 87.4 Å². The van der Waals surface area contributed by atoms with Gasteiger partial charge in [-0.25, -0.2) is 4.98 Å². The van der Waals surface area contributed by atoms with Gasteiger partial charge in [-0.1, -0.05) is 53.0 Å². The first-order chi connectivity index (χ1) is 11.6. The summed E-state index contributed by atoms with van der Waals surface area (Å²) in [6, 6.07) is 13.1. The van der Waals surface area contributed by atoms with Gasteiger partial charge in [0.25, 0.3) is 0 Å². The zero-order chi connectivity index (χ0) is 16.9. The van der Waals surface area contributed by atoms with Crippen molar-refractivity contribution < 1.29 is 4.74 Å². The Kier molecular flexibility index (Phi) is 5.80. The lowest BCUT2D eigenvalue weighted by atomic mass is 10.1. The van der Waals surface area contributed by atoms with Crippen LogP contribution in [0, 0.1) is 0 Å². The summed E-state index contributed by atoms with van der Waals surface area (Å²) in [5.41, 5.74) is 2.02.